The van der Waals surface area contributed by atoms with Crippen LogP contribution in [-0.2, 0) is 0 Å². The summed E-state index contributed by atoms with van der Waals surface area (Å²) >= 11 is 6.39. The molecular weight excluding hydrogens is 418 g/mol. The zero-order valence-electron chi connectivity index (χ0n) is 18.4. The van der Waals surface area contributed by atoms with Crippen LogP contribution in [0.15, 0.2) is 72.8 Å². The van der Waals surface area contributed by atoms with E-state index in [1.54, 1.807) is 6.07 Å². The van der Waals surface area contributed by atoms with Gasteiger partial charge in [0.1, 0.15) is 11.9 Å². The van der Waals surface area contributed by atoms with Crippen molar-refractivity contribution in [1.82, 2.24) is 4.90 Å². The van der Waals surface area contributed by atoms with Crippen LogP contribution in [0.1, 0.15) is 29.2 Å². The number of para-hydroxylation sites is 1. The van der Waals surface area contributed by atoms with Gasteiger partial charge in [-0.1, -0.05) is 54.1 Å². The van der Waals surface area contributed by atoms with E-state index >= 15 is 0 Å². The Labute approximate surface area is 195 Å². The Morgan fingerprint density at radius 1 is 0.969 bits per heavy atom. The quantitative estimate of drug-likeness (QED) is 0.457. The Morgan fingerprint density at radius 2 is 1.72 bits per heavy atom. The number of piperazine rings is 1. The minimum absolute atomic E-state index is 0.0632. The monoisotopic (exact) mass is 445 g/mol. The molecule has 1 unspecified atom stereocenters. The largest absolute Gasteiger partial charge is 0.486 e. The van der Waals surface area contributed by atoms with Crippen LogP contribution in [0.5, 0.6) is 5.75 Å². The SMILES string of the molecule is Cc1ccccc1C(CCN1CCN(c2ccccc2Cl)CC1)Oc1cccc(C#N)c1. The first-order valence-corrected chi connectivity index (χ1v) is 11.5. The third kappa shape index (κ3) is 5.43. The third-order valence-electron chi connectivity index (χ3n) is 6.05. The van der Waals surface area contributed by atoms with Crippen molar-refractivity contribution in [2.75, 3.05) is 37.6 Å². The lowest BCUT2D eigenvalue weighted by atomic mass is 10.0. The van der Waals surface area contributed by atoms with Gasteiger partial charge >= 0.3 is 0 Å². The highest BCUT2D eigenvalue weighted by atomic mass is 35.5. The number of hydrogen-bond acceptors (Lipinski definition) is 4. The molecule has 1 saturated heterocycles. The number of rotatable bonds is 7. The maximum Gasteiger partial charge on any atom is 0.125 e. The Bertz CT molecular complexity index is 1090. The van der Waals surface area contributed by atoms with Gasteiger partial charge in [-0.05, 0) is 48.4 Å². The Kier molecular flexibility index (Phi) is 7.32. The van der Waals surface area contributed by atoms with Gasteiger partial charge in [-0.15, -0.1) is 0 Å². The van der Waals surface area contributed by atoms with Crippen LogP contribution in [0, 0.1) is 18.3 Å². The van der Waals surface area contributed by atoms with Gasteiger partial charge in [-0.3, -0.25) is 4.90 Å². The predicted molar refractivity (Wildman–Crippen MR) is 130 cm³/mol. The topological polar surface area (TPSA) is 39.5 Å². The minimum atomic E-state index is -0.0632. The fourth-order valence-electron chi connectivity index (χ4n) is 4.25. The summed E-state index contributed by atoms with van der Waals surface area (Å²) in [7, 11) is 0. The van der Waals surface area contributed by atoms with Crippen LogP contribution >= 0.6 is 11.6 Å². The summed E-state index contributed by atoms with van der Waals surface area (Å²) in [5, 5.41) is 10.0. The van der Waals surface area contributed by atoms with Crippen molar-refractivity contribution in [3.63, 3.8) is 0 Å². The average molecular weight is 446 g/mol. The maximum absolute atomic E-state index is 9.23. The third-order valence-corrected chi connectivity index (χ3v) is 6.37. The molecule has 1 aliphatic rings. The fourth-order valence-corrected chi connectivity index (χ4v) is 4.50. The number of benzene rings is 3. The van der Waals surface area contributed by atoms with Gasteiger partial charge < -0.3 is 9.64 Å². The van der Waals surface area contributed by atoms with Crippen molar-refractivity contribution in [2.45, 2.75) is 19.4 Å². The van der Waals surface area contributed by atoms with Gasteiger partial charge in [0.05, 0.1) is 22.3 Å². The second-order valence-corrected chi connectivity index (χ2v) is 8.58. The van der Waals surface area contributed by atoms with Crippen molar-refractivity contribution in [3.05, 3.63) is 94.5 Å². The number of aryl methyl sites for hydroxylation is 1. The summed E-state index contributed by atoms with van der Waals surface area (Å²) in [6.45, 7) is 6.99. The van der Waals surface area contributed by atoms with E-state index in [1.807, 2.05) is 36.4 Å². The zero-order chi connectivity index (χ0) is 22.3. The van der Waals surface area contributed by atoms with E-state index in [1.165, 1.54) is 11.1 Å². The van der Waals surface area contributed by atoms with Crippen molar-refractivity contribution >= 4 is 17.3 Å². The highest BCUT2D eigenvalue weighted by Gasteiger charge is 2.22. The molecule has 0 radical (unpaired) electrons. The number of nitrogens with zero attached hydrogens (tertiary/aromatic N) is 3. The normalized spacial score (nSPS) is 15.2. The van der Waals surface area contributed by atoms with Crippen LogP contribution in [0.4, 0.5) is 5.69 Å². The van der Waals surface area contributed by atoms with Gasteiger partial charge in [0.2, 0.25) is 0 Å². The molecule has 0 aromatic heterocycles. The molecule has 0 saturated carbocycles. The zero-order valence-corrected chi connectivity index (χ0v) is 19.1. The summed E-state index contributed by atoms with van der Waals surface area (Å²) in [6.07, 6.45) is 0.819. The number of hydrogen-bond donors (Lipinski definition) is 0. The lowest BCUT2D eigenvalue weighted by Gasteiger charge is -2.37. The lowest BCUT2D eigenvalue weighted by molar-refractivity contribution is 0.159. The maximum atomic E-state index is 9.23. The number of anilines is 1. The van der Waals surface area contributed by atoms with Gasteiger partial charge in [0, 0.05) is 39.1 Å². The number of ether oxygens (including phenoxy) is 1. The summed E-state index contributed by atoms with van der Waals surface area (Å²) in [5.41, 5.74) is 4.15. The second-order valence-electron chi connectivity index (χ2n) is 8.17. The fraction of sp³-hybridized carbons (Fsp3) is 0.296. The van der Waals surface area contributed by atoms with E-state index in [4.69, 9.17) is 16.3 Å². The van der Waals surface area contributed by atoms with Gasteiger partial charge in [-0.25, -0.2) is 0 Å². The smallest absolute Gasteiger partial charge is 0.125 e. The molecule has 0 bridgehead atoms. The van der Waals surface area contributed by atoms with Crippen molar-refractivity contribution in [2.24, 2.45) is 0 Å². The van der Waals surface area contributed by atoms with Gasteiger partial charge in [-0.2, -0.15) is 5.26 Å². The van der Waals surface area contributed by atoms with Crippen molar-refractivity contribution < 1.29 is 4.74 Å². The Hall–Kier alpha value is -3.00. The molecule has 0 aliphatic carbocycles. The predicted octanol–water partition coefficient (Wildman–Crippen LogP) is 5.85. The molecule has 4 nitrogen and oxygen atoms in total. The molecule has 0 N–H and O–H groups in total. The molecule has 1 fully saturated rings. The first kappa shape index (κ1) is 22.2. The molecule has 5 heteroatoms. The standard InChI is InChI=1S/C27H28ClN3O/c1-21-7-2-3-10-24(21)27(32-23-9-6-8-22(19-23)20-29)13-14-30-15-17-31(18-16-30)26-12-5-4-11-25(26)28/h2-12,19,27H,13-18H2,1H3. The molecule has 164 valence electrons. The molecule has 0 spiro atoms. The molecule has 32 heavy (non-hydrogen) atoms. The van der Waals surface area contributed by atoms with E-state index in [9.17, 15) is 5.26 Å². The lowest BCUT2D eigenvalue weighted by Crippen LogP contribution is -2.47. The van der Waals surface area contributed by atoms with Crippen LogP contribution in [0.25, 0.3) is 0 Å². The van der Waals surface area contributed by atoms with E-state index in [0.29, 0.717) is 5.56 Å². The average Bonchev–Trinajstić information content (AvgIpc) is 2.83. The number of halogens is 1. The molecule has 0 amide bonds. The second kappa shape index (κ2) is 10.5. The van der Waals surface area contributed by atoms with E-state index in [0.717, 1.165) is 55.6 Å². The summed E-state index contributed by atoms with van der Waals surface area (Å²) in [4.78, 5) is 4.86. The molecule has 1 atom stereocenters. The molecule has 1 heterocycles. The van der Waals surface area contributed by atoms with Gasteiger partial charge in [0.25, 0.3) is 0 Å². The van der Waals surface area contributed by atoms with E-state index in [-0.39, 0.29) is 6.10 Å². The molecular formula is C27H28ClN3O. The minimum Gasteiger partial charge on any atom is -0.486 e. The van der Waals surface area contributed by atoms with E-state index < -0.39 is 0 Å². The van der Waals surface area contributed by atoms with E-state index in [2.05, 4.69) is 53.1 Å². The van der Waals surface area contributed by atoms with Crippen LogP contribution < -0.4 is 9.64 Å². The summed E-state index contributed by atoms with van der Waals surface area (Å²) < 4.78 is 6.42. The number of nitriles is 1. The summed E-state index contributed by atoms with van der Waals surface area (Å²) in [6, 6.07) is 26.0. The first-order chi connectivity index (χ1) is 15.6. The van der Waals surface area contributed by atoms with Crippen LogP contribution in [0.2, 0.25) is 5.02 Å². The Balaban J connectivity index is 1.41. The molecule has 4 rings (SSSR count). The molecule has 3 aromatic rings. The van der Waals surface area contributed by atoms with Crippen LogP contribution in [0.3, 0.4) is 0 Å². The van der Waals surface area contributed by atoms with Crippen molar-refractivity contribution in [1.29, 1.82) is 5.26 Å². The first-order valence-electron chi connectivity index (χ1n) is 11.1. The highest BCUT2D eigenvalue weighted by Crippen LogP contribution is 2.29. The molecule has 1 aliphatic heterocycles. The highest BCUT2D eigenvalue weighted by molar-refractivity contribution is 6.33. The molecule has 3 aromatic carbocycles. The van der Waals surface area contributed by atoms with Gasteiger partial charge in [0.15, 0.2) is 0 Å². The summed E-state index contributed by atoms with van der Waals surface area (Å²) in [5.74, 6) is 0.737. The van der Waals surface area contributed by atoms with Crippen LogP contribution in [-0.4, -0.2) is 37.6 Å². The Morgan fingerprint density at radius 3 is 2.47 bits per heavy atom. The van der Waals surface area contributed by atoms with Crippen molar-refractivity contribution in [3.8, 4) is 11.8 Å².